The first-order chi connectivity index (χ1) is 18.4. The van der Waals surface area contributed by atoms with Gasteiger partial charge in [-0.25, -0.2) is 17.8 Å². The summed E-state index contributed by atoms with van der Waals surface area (Å²) in [5.41, 5.74) is 5.96. The minimum absolute atomic E-state index is 0.0608. The van der Waals surface area contributed by atoms with E-state index in [2.05, 4.69) is 29.0 Å². The SMILES string of the molecule is CC.CCCC(C)CC(CO/N=C(\N)C(C)CC)N(C)c1ncnc(Oc2ccc(S(C)(=O)=O)cc2F)c1F. The molecule has 12 heteroatoms. The molecule has 39 heavy (non-hydrogen) atoms. The lowest BCUT2D eigenvalue weighted by atomic mass is 9.97. The van der Waals surface area contributed by atoms with Gasteiger partial charge in [-0.05, 0) is 37.0 Å². The van der Waals surface area contributed by atoms with Crippen LogP contribution in [0.2, 0.25) is 0 Å². The number of likely N-dealkylation sites (N-methyl/N-ethyl adjacent to an activating group) is 1. The Bertz CT molecular complexity index is 1180. The van der Waals surface area contributed by atoms with E-state index in [9.17, 15) is 12.8 Å². The van der Waals surface area contributed by atoms with Crippen molar-refractivity contribution in [3.63, 3.8) is 0 Å². The van der Waals surface area contributed by atoms with Crippen molar-refractivity contribution >= 4 is 21.5 Å². The van der Waals surface area contributed by atoms with E-state index in [1.54, 1.807) is 11.9 Å². The van der Waals surface area contributed by atoms with Crippen LogP contribution in [0, 0.1) is 23.5 Å². The Kier molecular flexibility index (Phi) is 14.1. The number of hydrogen-bond acceptors (Lipinski definition) is 8. The molecule has 2 N–H and O–H groups in total. The number of hydrogen-bond donors (Lipinski definition) is 1. The molecular formula is C27H43F2N5O4S. The zero-order valence-electron chi connectivity index (χ0n) is 24.2. The Morgan fingerprint density at radius 3 is 2.41 bits per heavy atom. The van der Waals surface area contributed by atoms with Crippen LogP contribution in [0.1, 0.15) is 67.2 Å². The van der Waals surface area contributed by atoms with Gasteiger partial charge >= 0.3 is 0 Å². The van der Waals surface area contributed by atoms with E-state index in [1.807, 2.05) is 27.7 Å². The number of ether oxygens (including phenoxy) is 1. The van der Waals surface area contributed by atoms with Crippen LogP contribution in [-0.4, -0.2) is 50.2 Å². The fourth-order valence-electron chi connectivity index (χ4n) is 3.64. The van der Waals surface area contributed by atoms with Gasteiger partial charge in [-0.3, -0.25) is 0 Å². The molecule has 9 nitrogen and oxygen atoms in total. The second-order valence-corrected chi connectivity index (χ2v) is 11.3. The van der Waals surface area contributed by atoms with Gasteiger partial charge in [-0.15, -0.1) is 0 Å². The maximum atomic E-state index is 15.5. The summed E-state index contributed by atoms with van der Waals surface area (Å²) >= 11 is 0. The van der Waals surface area contributed by atoms with Crippen LogP contribution in [0.25, 0.3) is 0 Å². The molecule has 0 amide bonds. The highest BCUT2D eigenvalue weighted by Gasteiger charge is 2.26. The monoisotopic (exact) mass is 571 g/mol. The van der Waals surface area contributed by atoms with E-state index in [-0.39, 0.29) is 35.0 Å². The molecule has 0 fully saturated rings. The van der Waals surface area contributed by atoms with E-state index < -0.39 is 27.4 Å². The molecule has 0 radical (unpaired) electrons. The number of aromatic nitrogens is 2. The number of amidine groups is 1. The van der Waals surface area contributed by atoms with Gasteiger partial charge in [0.25, 0.3) is 5.88 Å². The second kappa shape index (κ2) is 16.2. The lowest BCUT2D eigenvalue weighted by Gasteiger charge is -2.30. The Morgan fingerprint density at radius 2 is 1.85 bits per heavy atom. The van der Waals surface area contributed by atoms with Gasteiger partial charge in [0, 0.05) is 19.2 Å². The Morgan fingerprint density at radius 1 is 1.18 bits per heavy atom. The van der Waals surface area contributed by atoms with Gasteiger partial charge in [0.15, 0.2) is 27.2 Å². The third-order valence-electron chi connectivity index (χ3n) is 6.17. The average Bonchev–Trinajstić information content (AvgIpc) is 2.90. The van der Waals surface area contributed by atoms with Crippen molar-refractivity contribution in [1.29, 1.82) is 0 Å². The number of benzene rings is 1. The second-order valence-electron chi connectivity index (χ2n) is 9.30. The Labute approximate surface area is 231 Å². The minimum atomic E-state index is -3.62. The van der Waals surface area contributed by atoms with Crippen molar-refractivity contribution in [2.24, 2.45) is 22.7 Å². The quantitative estimate of drug-likeness (QED) is 0.168. The van der Waals surface area contributed by atoms with E-state index in [1.165, 1.54) is 6.07 Å². The average molecular weight is 572 g/mol. The number of anilines is 1. The fourth-order valence-corrected chi connectivity index (χ4v) is 4.28. The molecule has 0 bridgehead atoms. The van der Waals surface area contributed by atoms with Crippen molar-refractivity contribution in [1.82, 2.24) is 9.97 Å². The molecule has 0 aliphatic heterocycles. The molecule has 220 valence electrons. The van der Waals surface area contributed by atoms with E-state index in [0.29, 0.717) is 18.2 Å². The van der Waals surface area contributed by atoms with Crippen molar-refractivity contribution in [3.8, 4) is 11.6 Å². The van der Waals surface area contributed by atoms with Gasteiger partial charge < -0.3 is 20.2 Å². The summed E-state index contributed by atoms with van der Waals surface area (Å²) in [6, 6.07) is 2.79. The van der Waals surface area contributed by atoms with Crippen molar-refractivity contribution in [2.75, 3.05) is 24.8 Å². The smallest absolute Gasteiger partial charge is 0.261 e. The third kappa shape index (κ3) is 10.2. The summed E-state index contributed by atoms with van der Waals surface area (Å²) < 4.78 is 58.6. The molecule has 0 aliphatic carbocycles. The topological polar surface area (TPSA) is 120 Å². The number of halogens is 2. The number of nitrogens with zero attached hydrogens (tertiary/aromatic N) is 4. The van der Waals surface area contributed by atoms with E-state index in [4.69, 9.17) is 15.3 Å². The summed E-state index contributed by atoms with van der Waals surface area (Å²) in [6.07, 6.45) is 5.54. The molecule has 2 aromatic rings. The summed E-state index contributed by atoms with van der Waals surface area (Å²) in [6.45, 7) is 12.3. The van der Waals surface area contributed by atoms with Crippen LogP contribution in [0.5, 0.6) is 11.6 Å². The lowest BCUT2D eigenvalue weighted by Crippen LogP contribution is -2.38. The highest BCUT2D eigenvalue weighted by molar-refractivity contribution is 7.90. The van der Waals surface area contributed by atoms with Crippen LogP contribution < -0.4 is 15.4 Å². The predicted molar refractivity (Wildman–Crippen MR) is 151 cm³/mol. The van der Waals surface area contributed by atoms with Gasteiger partial charge in [-0.2, -0.15) is 9.37 Å². The van der Waals surface area contributed by atoms with Crippen LogP contribution in [0.3, 0.4) is 0 Å². The molecule has 0 saturated carbocycles. The zero-order chi connectivity index (χ0) is 29.8. The molecule has 1 aromatic carbocycles. The fraction of sp³-hybridized carbons (Fsp3) is 0.593. The molecule has 2 rings (SSSR count). The Balaban J connectivity index is 0.00000371. The summed E-state index contributed by atoms with van der Waals surface area (Å²) in [5.74, 6) is -2.01. The molecule has 0 aliphatic rings. The lowest BCUT2D eigenvalue weighted by molar-refractivity contribution is 0.119. The van der Waals surface area contributed by atoms with E-state index >= 15 is 4.39 Å². The van der Waals surface area contributed by atoms with E-state index in [0.717, 1.165) is 44.0 Å². The van der Waals surface area contributed by atoms with Gasteiger partial charge in [0.1, 0.15) is 18.8 Å². The third-order valence-corrected chi connectivity index (χ3v) is 7.28. The molecule has 1 aromatic heterocycles. The maximum absolute atomic E-state index is 15.5. The molecule has 3 unspecified atom stereocenters. The van der Waals surface area contributed by atoms with Crippen LogP contribution in [0.15, 0.2) is 34.6 Å². The van der Waals surface area contributed by atoms with Crippen molar-refractivity contribution in [2.45, 2.75) is 78.2 Å². The number of nitrogens with two attached hydrogens (primary N) is 1. The molecule has 1 heterocycles. The normalized spacial score (nSPS) is 14.1. The highest BCUT2D eigenvalue weighted by atomic mass is 32.2. The molecule has 0 saturated heterocycles. The van der Waals surface area contributed by atoms with Crippen LogP contribution in [0.4, 0.5) is 14.6 Å². The first-order valence-corrected chi connectivity index (χ1v) is 15.1. The van der Waals surface area contributed by atoms with Gasteiger partial charge in [0.2, 0.25) is 5.82 Å². The summed E-state index contributed by atoms with van der Waals surface area (Å²) in [7, 11) is -1.94. The highest BCUT2D eigenvalue weighted by Crippen LogP contribution is 2.31. The molecule has 0 spiro atoms. The van der Waals surface area contributed by atoms with Gasteiger partial charge in [-0.1, -0.05) is 59.5 Å². The maximum Gasteiger partial charge on any atom is 0.261 e. The zero-order valence-corrected chi connectivity index (χ0v) is 25.1. The van der Waals surface area contributed by atoms with Crippen LogP contribution >= 0.6 is 0 Å². The van der Waals surface area contributed by atoms with Gasteiger partial charge in [0.05, 0.1) is 10.9 Å². The predicted octanol–water partition coefficient (Wildman–Crippen LogP) is 5.94. The summed E-state index contributed by atoms with van der Waals surface area (Å²) in [5, 5.41) is 4.03. The molecular weight excluding hydrogens is 528 g/mol. The van der Waals surface area contributed by atoms with Crippen molar-refractivity contribution < 1.29 is 26.8 Å². The molecule has 3 atom stereocenters. The number of oxime groups is 1. The minimum Gasteiger partial charge on any atom is -0.433 e. The first-order valence-electron chi connectivity index (χ1n) is 13.2. The summed E-state index contributed by atoms with van der Waals surface area (Å²) in [4.78, 5) is 14.8. The number of rotatable bonds is 14. The van der Waals surface area contributed by atoms with Crippen molar-refractivity contribution in [3.05, 3.63) is 36.2 Å². The first kappa shape index (κ1) is 34.0. The number of sulfone groups is 1. The Hall–Kier alpha value is -3.02. The van der Waals surface area contributed by atoms with Crippen LogP contribution in [-0.2, 0) is 14.7 Å². The largest absolute Gasteiger partial charge is 0.433 e. The standard InChI is InChI=1S/C25H37F2N5O4S.C2H6/c1-7-9-16(3)12-18(14-35-31-23(28)17(4)8-2)32(5)24-22(27)25(30-15-29-24)36-21-11-10-19(13-20(21)26)37(6,33)34;1-2/h10-11,13,15-18H,7-9,12,14H2,1-6H3,(H2,28,31);1-2H3.